The number of nitrogens with zero attached hydrogens (tertiary/aromatic N) is 1. The highest BCUT2D eigenvalue weighted by molar-refractivity contribution is 5.90. The number of methoxy groups -OCH3 is 1. The Morgan fingerprint density at radius 1 is 1.47 bits per heavy atom. The van der Waals surface area contributed by atoms with Crippen molar-refractivity contribution in [1.29, 1.82) is 0 Å². The molecule has 0 aliphatic heterocycles. The van der Waals surface area contributed by atoms with Gasteiger partial charge in [0.25, 0.3) is 5.69 Å². The van der Waals surface area contributed by atoms with Gasteiger partial charge >= 0.3 is 5.97 Å². The molecule has 0 unspecified atom stereocenters. The normalized spacial score (nSPS) is 10.4. The molecule has 0 radical (unpaired) electrons. The number of primary amides is 1. The maximum absolute atomic E-state index is 11.3. The highest BCUT2D eigenvalue weighted by Crippen LogP contribution is 2.22. The molecule has 0 aliphatic rings. The largest absolute Gasteiger partial charge is 0.465 e. The summed E-state index contributed by atoms with van der Waals surface area (Å²) in [5, 5.41) is 10.9. The third kappa shape index (κ3) is 3.91. The van der Waals surface area contributed by atoms with Crippen LogP contribution in [0.1, 0.15) is 22.3 Å². The first kappa shape index (κ1) is 14.4. The molecule has 1 aromatic carbocycles. The molecule has 0 bridgehead atoms. The number of hydrogen-bond acceptors (Lipinski definition) is 5. The number of ether oxygens (including phenoxy) is 1. The van der Waals surface area contributed by atoms with Crippen LogP contribution in [0.4, 0.5) is 5.69 Å². The first-order valence-electron chi connectivity index (χ1n) is 5.27. The molecular formula is C12H12N2O5. The van der Waals surface area contributed by atoms with Gasteiger partial charge in [-0.2, -0.15) is 0 Å². The van der Waals surface area contributed by atoms with E-state index in [1.807, 2.05) is 0 Å². The molecule has 0 aliphatic carbocycles. The smallest absolute Gasteiger partial charge is 0.338 e. The van der Waals surface area contributed by atoms with Crippen LogP contribution in [0.15, 0.2) is 24.3 Å². The fraction of sp³-hybridized carbons (Fsp3) is 0.167. The van der Waals surface area contributed by atoms with Crippen LogP contribution in [0.2, 0.25) is 0 Å². The maximum atomic E-state index is 11.3. The Labute approximate surface area is 108 Å². The molecule has 100 valence electrons. The average molecular weight is 264 g/mol. The lowest BCUT2D eigenvalue weighted by atomic mass is 10.1. The summed E-state index contributed by atoms with van der Waals surface area (Å²) in [6.07, 6.45) is 2.81. The highest BCUT2D eigenvalue weighted by Gasteiger charge is 2.16. The van der Waals surface area contributed by atoms with Crippen LogP contribution < -0.4 is 5.73 Å². The Balaban J connectivity index is 3.12. The Kier molecular flexibility index (Phi) is 4.76. The zero-order valence-electron chi connectivity index (χ0n) is 10.2. The summed E-state index contributed by atoms with van der Waals surface area (Å²) in [7, 11) is 1.19. The second-order valence-corrected chi connectivity index (χ2v) is 3.60. The van der Waals surface area contributed by atoms with Gasteiger partial charge in [-0.15, -0.1) is 0 Å². The Morgan fingerprint density at radius 3 is 2.68 bits per heavy atom. The van der Waals surface area contributed by atoms with Gasteiger partial charge in [-0.1, -0.05) is 12.2 Å². The summed E-state index contributed by atoms with van der Waals surface area (Å²) in [6, 6.07) is 3.93. The third-order valence-electron chi connectivity index (χ3n) is 2.26. The van der Waals surface area contributed by atoms with E-state index in [0.717, 1.165) is 6.07 Å². The quantitative estimate of drug-likeness (QED) is 0.488. The number of benzene rings is 1. The van der Waals surface area contributed by atoms with Crippen LogP contribution in [-0.2, 0) is 9.53 Å². The number of carbonyl (C=O) groups is 2. The predicted molar refractivity (Wildman–Crippen MR) is 67.3 cm³/mol. The molecule has 7 heteroatoms. The van der Waals surface area contributed by atoms with Crippen LogP contribution in [0.5, 0.6) is 0 Å². The summed E-state index contributed by atoms with van der Waals surface area (Å²) in [4.78, 5) is 32.1. The molecule has 1 rings (SSSR count). The first-order valence-corrected chi connectivity index (χ1v) is 5.27. The van der Waals surface area contributed by atoms with Gasteiger partial charge < -0.3 is 10.5 Å². The summed E-state index contributed by atoms with van der Waals surface area (Å²) in [5.41, 5.74) is 5.07. The van der Waals surface area contributed by atoms with Gasteiger partial charge in [0.05, 0.1) is 23.2 Å². The van der Waals surface area contributed by atoms with E-state index in [1.54, 1.807) is 0 Å². The lowest BCUT2D eigenvalue weighted by molar-refractivity contribution is -0.385. The van der Waals surface area contributed by atoms with Crippen molar-refractivity contribution in [3.8, 4) is 0 Å². The topological polar surface area (TPSA) is 113 Å². The number of hydrogen-bond donors (Lipinski definition) is 1. The van der Waals surface area contributed by atoms with E-state index >= 15 is 0 Å². The first-order chi connectivity index (χ1) is 8.95. The van der Waals surface area contributed by atoms with E-state index < -0.39 is 16.8 Å². The highest BCUT2D eigenvalue weighted by atomic mass is 16.6. The van der Waals surface area contributed by atoms with Crippen molar-refractivity contribution in [3.63, 3.8) is 0 Å². The van der Waals surface area contributed by atoms with E-state index in [9.17, 15) is 19.7 Å². The summed E-state index contributed by atoms with van der Waals surface area (Å²) in [5.74, 6) is -1.19. The van der Waals surface area contributed by atoms with E-state index in [0.29, 0.717) is 0 Å². The van der Waals surface area contributed by atoms with E-state index in [-0.39, 0.29) is 23.2 Å². The second kappa shape index (κ2) is 6.29. The van der Waals surface area contributed by atoms with E-state index in [4.69, 9.17) is 5.73 Å². The molecule has 19 heavy (non-hydrogen) atoms. The van der Waals surface area contributed by atoms with E-state index in [1.165, 1.54) is 31.4 Å². The SMILES string of the molecule is COC(=O)c1ccc(C=CCC(N)=O)c([N+](=O)[O-])c1. The molecule has 0 atom stereocenters. The molecular weight excluding hydrogens is 252 g/mol. The number of carbonyl (C=O) groups excluding carboxylic acids is 2. The van der Waals surface area contributed by atoms with Gasteiger partial charge in [0.2, 0.25) is 5.91 Å². The fourth-order valence-corrected chi connectivity index (χ4v) is 1.39. The Hall–Kier alpha value is -2.70. The molecule has 0 saturated carbocycles. The van der Waals surface area contributed by atoms with Crippen molar-refractivity contribution >= 4 is 23.6 Å². The standard InChI is InChI=1S/C12H12N2O5/c1-19-12(16)9-6-5-8(3-2-4-11(13)15)10(7-9)14(17)18/h2-3,5-7H,4H2,1H3,(H2,13,15). The van der Waals surface area contributed by atoms with Gasteiger partial charge in [0.15, 0.2) is 0 Å². The predicted octanol–water partition coefficient (Wildman–Crippen LogP) is 1.27. The number of rotatable bonds is 5. The van der Waals surface area contributed by atoms with Gasteiger partial charge in [-0.05, 0) is 12.1 Å². The van der Waals surface area contributed by atoms with Crippen molar-refractivity contribution in [2.45, 2.75) is 6.42 Å². The zero-order valence-corrected chi connectivity index (χ0v) is 10.2. The van der Waals surface area contributed by atoms with E-state index in [2.05, 4.69) is 4.74 Å². The summed E-state index contributed by atoms with van der Waals surface area (Å²) >= 11 is 0. The van der Waals surface area contributed by atoms with Crippen molar-refractivity contribution in [2.24, 2.45) is 5.73 Å². The van der Waals surface area contributed by atoms with Crippen molar-refractivity contribution in [1.82, 2.24) is 0 Å². The molecule has 0 spiro atoms. The minimum Gasteiger partial charge on any atom is -0.465 e. The van der Waals surface area contributed by atoms with Crippen molar-refractivity contribution in [2.75, 3.05) is 7.11 Å². The van der Waals surface area contributed by atoms with Crippen LogP contribution in [0, 0.1) is 10.1 Å². The van der Waals surface area contributed by atoms with Crippen LogP contribution in [0.25, 0.3) is 6.08 Å². The minimum atomic E-state index is -0.657. The van der Waals surface area contributed by atoms with Crippen molar-refractivity contribution < 1.29 is 19.2 Å². The lowest BCUT2D eigenvalue weighted by Crippen LogP contribution is -2.08. The summed E-state index contributed by atoms with van der Waals surface area (Å²) in [6.45, 7) is 0. The van der Waals surface area contributed by atoms with Gasteiger partial charge in [-0.25, -0.2) is 4.79 Å². The molecule has 0 heterocycles. The molecule has 2 N–H and O–H groups in total. The van der Waals surface area contributed by atoms with Gasteiger partial charge in [-0.3, -0.25) is 14.9 Å². The molecule has 0 fully saturated rings. The number of nitrogens with two attached hydrogens (primary N) is 1. The molecule has 1 amide bonds. The maximum Gasteiger partial charge on any atom is 0.338 e. The van der Waals surface area contributed by atoms with Crippen LogP contribution in [-0.4, -0.2) is 23.9 Å². The van der Waals surface area contributed by atoms with Gasteiger partial charge in [0.1, 0.15) is 0 Å². The van der Waals surface area contributed by atoms with Crippen molar-refractivity contribution in [3.05, 3.63) is 45.5 Å². The van der Waals surface area contributed by atoms with Gasteiger partial charge in [0, 0.05) is 12.5 Å². The number of nitro benzene ring substituents is 1. The number of nitro groups is 1. The lowest BCUT2D eigenvalue weighted by Gasteiger charge is -2.01. The van der Waals surface area contributed by atoms with Crippen LogP contribution >= 0.6 is 0 Å². The fourth-order valence-electron chi connectivity index (χ4n) is 1.39. The monoisotopic (exact) mass is 264 g/mol. The Bertz CT molecular complexity index is 551. The number of amides is 1. The minimum absolute atomic E-state index is 0.0179. The molecule has 1 aromatic rings. The average Bonchev–Trinajstić information content (AvgIpc) is 2.37. The molecule has 0 saturated heterocycles. The number of esters is 1. The molecule has 7 nitrogen and oxygen atoms in total. The Morgan fingerprint density at radius 2 is 2.16 bits per heavy atom. The molecule has 0 aromatic heterocycles. The zero-order chi connectivity index (χ0) is 14.4. The third-order valence-corrected chi connectivity index (χ3v) is 2.26. The second-order valence-electron chi connectivity index (χ2n) is 3.60. The summed E-state index contributed by atoms with van der Waals surface area (Å²) < 4.78 is 4.48. The van der Waals surface area contributed by atoms with Crippen LogP contribution in [0.3, 0.4) is 0 Å².